The maximum absolute atomic E-state index is 11.4. The van der Waals surface area contributed by atoms with Gasteiger partial charge in [0.25, 0.3) is 11.6 Å². The van der Waals surface area contributed by atoms with Crippen molar-refractivity contribution in [1.29, 1.82) is 0 Å². The molecule has 108 valence electrons. The molecular weight excluding hydrogens is 314 g/mol. The molecule has 1 aromatic heterocycles. The molecule has 8 heteroatoms. The van der Waals surface area contributed by atoms with Gasteiger partial charge in [0.15, 0.2) is 0 Å². The monoisotopic (exact) mass is 323 g/mol. The lowest BCUT2D eigenvalue weighted by atomic mass is 10.2. The number of benzene rings is 1. The van der Waals surface area contributed by atoms with Gasteiger partial charge in [0.2, 0.25) is 0 Å². The second-order valence-corrected chi connectivity index (χ2v) is 5.41. The van der Waals surface area contributed by atoms with Crippen LogP contribution >= 0.6 is 22.9 Å². The molecule has 2 rings (SSSR count). The van der Waals surface area contributed by atoms with Crippen LogP contribution in [0.15, 0.2) is 24.4 Å². The Morgan fingerprint density at radius 3 is 2.86 bits per heavy atom. The number of carbonyl (C=O) groups excluding carboxylic acids is 1. The zero-order chi connectivity index (χ0) is 15.4. The smallest absolute Gasteiger partial charge is 0.287 e. The minimum absolute atomic E-state index is 0.0762. The summed E-state index contributed by atoms with van der Waals surface area (Å²) in [5.41, 5.74) is 0.576. The Morgan fingerprint density at radius 1 is 1.48 bits per heavy atom. The second kappa shape index (κ2) is 6.47. The Hall–Kier alpha value is -2.25. The number of nitrogens with one attached hydrogen (secondary N) is 1. The van der Waals surface area contributed by atoms with Crippen LogP contribution in [0.25, 0.3) is 12.2 Å². The Balaban J connectivity index is 2.18. The summed E-state index contributed by atoms with van der Waals surface area (Å²) in [6, 6.07) is 4.44. The Bertz CT molecular complexity index is 727. The van der Waals surface area contributed by atoms with Crippen molar-refractivity contribution in [3.05, 3.63) is 55.0 Å². The van der Waals surface area contributed by atoms with Crippen molar-refractivity contribution < 1.29 is 9.72 Å². The number of aromatic nitrogens is 1. The standard InChI is InChI=1S/C13H10ClN3O3S/c1-15-13(18)11-7-16-12(21-11)5-3-8-2-4-10(17(19)20)9(14)6-8/h2-7H,1H3,(H,15,18). The average molecular weight is 324 g/mol. The van der Waals surface area contributed by atoms with Crippen LogP contribution < -0.4 is 5.32 Å². The number of hydrogen-bond donors (Lipinski definition) is 1. The van der Waals surface area contributed by atoms with Crippen LogP contribution in [0.4, 0.5) is 5.69 Å². The molecule has 0 spiro atoms. The molecule has 21 heavy (non-hydrogen) atoms. The molecule has 0 aliphatic heterocycles. The largest absolute Gasteiger partial charge is 0.354 e. The lowest BCUT2D eigenvalue weighted by Gasteiger charge is -1.96. The molecule has 0 unspecified atom stereocenters. The van der Waals surface area contributed by atoms with E-state index in [2.05, 4.69) is 10.3 Å². The predicted molar refractivity (Wildman–Crippen MR) is 82.5 cm³/mol. The van der Waals surface area contributed by atoms with Crippen molar-refractivity contribution >= 4 is 46.7 Å². The SMILES string of the molecule is CNC(=O)c1cnc(C=Cc2ccc([N+](=O)[O-])c(Cl)c2)s1. The van der Waals surface area contributed by atoms with Gasteiger partial charge in [-0.2, -0.15) is 0 Å². The molecule has 0 aliphatic rings. The van der Waals surface area contributed by atoms with Crippen LogP contribution in [0, 0.1) is 10.1 Å². The highest BCUT2D eigenvalue weighted by Gasteiger charge is 2.11. The van der Waals surface area contributed by atoms with Crippen LogP contribution in [0.3, 0.4) is 0 Å². The molecule has 1 aromatic carbocycles. The van der Waals surface area contributed by atoms with Gasteiger partial charge in [-0.25, -0.2) is 4.98 Å². The van der Waals surface area contributed by atoms with E-state index >= 15 is 0 Å². The number of nitro groups is 1. The molecule has 0 fully saturated rings. The Morgan fingerprint density at radius 2 is 2.24 bits per heavy atom. The number of amides is 1. The van der Waals surface area contributed by atoms with Gasteiger partial charge in [-0.1, -0.05) is 17.7 Å². The van der Waals surface area contributed by atoms with Crippen LogP contribution in [-0.4, -0.2) is 22.9 Å². The summed E-state index contributed by atoms with van der Waals surface area (Å²) in [6.45, 7) is 0. The van der Waals surface area contributed by atoms with Crippen molar-refractivity contribution in [3.8, 4) is 0 Å². The lowest BCUT2D eigenvalue weighted by molar-refractivity contribution is -0.384. The maximum atomic E-state index is 11.4. The molecule has 1 amide bonds. The molecule has 2 aromatic rings. The first-order chi connectivity index (χ1) is 10.0. The quantitative estimate of drug-likeness (QED) is 0.691. The van der Waals surface area contributed by atoms with Crippen LogP contribution in [0.1, 0.15) is 20.2 Å². The molecule has 0 saturated carbocycles. The lowest BCUT2D eigenvalue weighted by Crippen LogP contribution is -2.16. The highest BCUT2D eigenvalue weighted by molar-refractivity contribution is 7.14. The number of rotatable bonds is 4. The number of thiazole rings is 1. The van der Waals surface area contributed by atoms with Crippen molar-refractivity contribution in [3.63, 3.8) is 0 Å². The Labute approximate surface area is 129 Å². The van der Waals surface area contributed by atoms with E-state index < -0.39 is 4.92 Å². The first kappa shape index (κ1) is 15.1. The van der Waals surface area contributed by atoms with Crippen molar-refractivity contribution in [2.45, 2.75) is 0 Å². The molecule has 1 N–H and O–H groups in total. The third kappa shape index (κ3) is 3.65. The van der Waals surface area contributed by atoms with E-state index in [4.69, 9.17) is 11.6 Å². The maximum Gasteiger partial charge on any atom is 0.287 e. The number of nitrogens with zero attached hydrogens (tertiary/aromatic N) is 2. The fourth-order valence-corrected chi connectivity index (χ4v) is 2.56. The molecule has 0 aliphatic carbocycles. The van der Waals surface area contributed by atoms with Crippen LogP contribution in [-0.2, 0) is 0 Å². The third-order valence-corrected chi connectivity index (χ3v) is 3.83. The fraction of sp³-hybridized carbons (Fsp3) is 0.0769. The van der Waals surface area contributed by atoms with Crippen LogP contribution in [0.5, 0.6) is 0 Å². The van der Waals surface area contributed by atoms with E-state index in [-0.39, 0.29) is 16.6 Å². The molecule has 0 bridgehead atoms. The number of halogens is 1. The van der Waals surface area contributed by atoms with Gasteiger partial charge in [0, 0.05) is 13.1 Å². The van der Waals surface area contributed by atoms with E-state index in [9.17, 15) is 14.9 Å². The topological polar surface area (TPSA) is 85.1 Å². The van der Waals surface area contributed by atoms with Crippen molar-refractivity contribution in [1.82, 2.24) is 10.3 Å². The average Bonchev–Trinajstić information content (AvgIpc) is 2.92. The first-order valence-corrected chi connectivity index (χ1v) is 7.00. The van der Waals surface area contributed by atoms with E-state index in [0.717, 1.165) is 0 Å². The third-order valence-electron chi connectivity index (χ3n) is 2.56. The van der Waals surface area contributed by atoms with Gasteiger partial charge in [0.05, 0.1) is 11.1 Å². The van der Waals surface area contributed by atoms with Gasteiger partial charge < -0.3 is 5.32 Å². The van der Waals surface area contributed by atoms with E-state index in [1.54, 1.807) is 25.3 Å². The molecule has 0 atom stereocenters. The van der Waals surface area contributed by atoms with E-state index in [1.165, 1.54) is 29.7 Å². The molecule has 1 heterocycles. The molecular formula is C13H10ClN3O3S. The highest BCUT2D eigenvalue weighted by atomic mass is 35.5. The van der Waals surface area contributed by atoms with Gasteiger partial charge in [0.1, 0.15) is 14.9 Å². The summed E-state index contributed by atoms with van der Waals surface area (Å²) in [4.78, 5) is 26.1. The van der Waals surface area contributed by atoms with Gasteiger partial charge in [-0.05, 0) is 23.8 Å². The zero-order valence-electron chi connectivity index (χ0n) is 10.9. The normalized spacial score (nSPS) is 10.8. The summed E-state index contributed by atoms with van der Waals surface area (Å²) in [6.07, 6.45) is 4.93. The van der Waals surface area contributed by atoms with Gasteiger partial charge in [-0.3, -0.25) is 14.9 Å². The summed E-state index contributed by atoms with van der Waals surface area (Å²) < 4.78 is 0. The second-order valence-electron chi connectivity index (χ2n) is 3.94. The minimum Gasteiger partial charge on any atom is -0.354 e. The summed E-state index contributed by atoms with van der Waals surface area (Å²) >= 11 is 7.07. The predicted octanol–water partition coefficient (Wildman–Crippen LogP) is 3.23. The number of hydrogen-bond acceptors (Lipinski definition) is 5. The number of nitro benzene ring substituents is 1. The van der Waals surface area contributed by atoms with E-state index in [1.807, 2.05) is 0 Å². The Kier molecular flexibility index (Phi) is 4.66. The summed E-state index contributed by atoms with van der Waals surface area (Å²) in [7, 11) is 1.55. The number of carbonyl (C=O) groups is 1. The van der Waals surface area contributed by atoms with Crippen molar-refractivity contribution in [2.24, 2.45) is 0 Å². The van der Waals surface area contributed by atoms with Crippen molar-refractivity contribution in [2.75, 3.05) is 7.05 Å². The summed E-state index contributed by atoms with van der Waals surface area (Å²) in [5.74, 6) is -0.189. The van der Waals surface area contributed by atoms with Crippen LogP contribution in [0.2, 0.25) is 5.02 Å². The summed E-state index contributed by atoms with van der Waals surface area (Å²) in [5, 5.41) is 13.9. The molecule has 6 nitrogen and oxygen atoms in total. The highest BCUT2D eigenvalue weighted by Crippen LogP contribution is 2.26. The van der Waals surface area contributed by atoms with Gasteiger partial charge >= 0.3 is 0 Å². The molecule has 0 radical (unpaired) electrons. The van der Waals surface area contributed by atoms with Gasteiger partial charge in [-0.15, -0.1) is 11.3 Å². The fourth-order valence-electron chi connectivity index (χ4n) is 1.54. The minimum atomic E-state index is -0.535. The first-order valence-electron chi connectivity index (χ1n) is 5.81. The zero-order valence-corrected chi connectivity index (χ0v) is 12.4. The van der Waals surface area contributed by atoms with E-state index in [0.29, 0.717) is 15.4 Å². The molecule has 0 saturated heterocycles.